The number of benzene rings is 2. The zero-order chi connectivity index (χ0) is 23.8. The molecule has 0 saturated heterocycles. The van der Waals surface area contributed by atoms with Gasteiger partial charge in [-0.1, -0.05) is 57.9 Å². The van der Waals surface area contributed by atoms with Gasteiger partial charge in [0.15, 0.2) is 0 Å². The van der Waals surface area contributed by atoms with E-state index in [-0.39, 0.29) is 11.9 Å². The van der Waals surface area contributed by atoms with Gasteiger partial charge in [0.25, 0.3) is 0 Å². The first-order valence-corrected chi connectivity index (χ1v) is 11.8. The van der Waals surface area contributed by atoms with Crippen molar-refractivity contribution >= 4 is 0 Å². The van der Waals surface area contributed by atoms with Crippen LogP contribution in [0.15, 0.2) is 54.6 Å². The lowest BCUT2D eigenvalue weighted by atomic mass is 10.1. The van der Waals surface area contributed by atoms with Crippen LogP contribution in [0.4, 0.5) is 4.39 Å². The minimum absolute atomic E-state index is 0.350. The molecular formula is C27H36FN3O2. The van der Waals surface area contributed by atoms with Crippen LogP contribution in [0.3, 0.4) is 0 Å². The van der Waals surface area contributed by atoms with Gasteiger partial charge in [-0.15, -0.1) is 0 Å². The SMILES string of the molecule is CCCC[C@H](O)CN(Cc1c(C)nn(-c2ccccc2)c1Oc1cccc(F)c1)CC(C)C. The number of aliphatic hydroxyl groups excluding tert-OH is 1. The van der Waals surface area contributed by atoms with Crippen LogP contribution >= 0.6 is 0 Å². The first-order chi connectivity index (χ1) is 15.9. The quantitative estimate of drug-likeness (QED) is 0.359. The van der Waals surface area contributed by atoms with Gasteiger partial charge >= 0.3 is 0 Å². The highest BCUT2D eigenvalue weighted by Gasteiger charge is 2.23. The Kier molecular flexibility index (Phi) is 9.03. The van der Waals surface area contributed by atoms with E-state index < -0.39 is 0 Å². The number of aryl methyl sites for hydroxylation is 1. The van der Waals surface area contributed by atoms with E-state index in [1.54, 1.807) is 16.8 Å². The molecule has 0 fully saturated rings. The van der Waals surface area contributed by atoms with Crippen molar-refractivity contribution in [2.24, 2.45) is 5.92 Å². The Labute approximate surface area is 196 Å². The molecule has 0 bridgehead atoms. The number of aromatic nitrogens is 2. The maximum Gasteiger partial charge on any atom is 0.227 e. The lowest BCUT2D eigenvalue weighted by Gasteiger charge is -2.27. The third kappa shape index (κ3) is 7.14. The summed E-state index contributed by atoms with van der Waals surface area (Å²) in [6, 6.07) is 15.9. The van der Waals surface area contributed by atoms with Gasteiger partial charge in [0.1, 0.15) is 11.6 Å². The minimum atomic E-state index is -0.374. The van der Waals surface area contributed by atoms with Crippen molar-refractivity contribution in [3.05, 3.63) is 71.7 Å². The fourth-order valence-electron chi connectivity index (χ4n) is 3.98. The molecule has 33 heavy (non-hydrogen) atoms. The molecule has 1 atom stereocenters. The molecule has 0 amide bonds. The number of hydrogen-bond acceptors (Lipinski definition) is 4. The topological polar surface area (TPSA) is 50.5 Å². The summed E-state index contributed by atoms with van der Waals surface area (Å²) in [5.74, 6) is 1.09. The number of ether oxygens (including phenoxy) is 1. The van der Waals surface area contributed by atoms with Crippen molar-refractivity contribution < 1.29 is 14.2 Å². The molecule has 3 aromatic rings. The molecule has 1 aromatic heterocycles. The number of nitrogens with zero attached hydrogens (tertiary/aromatic N) is 3. The summed E-state index contributed by atoms with van der Waals surface area (Å²) in [7, 11) is 0. The summed E-state index contributed by atoms with van der Waals surface area (Å²) in [6.07, 6.45) is 2.49. The normalized spacial score (nSPS) is 12.5. The molecule has 6 heteroatoms. The summed E-state index contributed by atoms with van der Waals surface area (Å²) >= 11 is 0. The molecule has 2 aromatic carbocycles. The second-order valence-electron chi connectivity index (χ2n) is 9.06. The number of hydrogen-bond donors (Lipinski definition) is 1. The van der Waals surface area contributed by atoms with Gasteiger partial charge in [-0.2, -0.15) is 5.10 Å². The number of para-hydroxylation sites is 1. The van der Waals surface area contributed by atoms with E-state index in [0.29, 0.717) is 30.6 Å². The maximum absolute atomic E-state index is 13.9. The Hall–Kier alpha value is -2.70. The van der Waals surface area contributed by atoms with Crippen molar-refractivity contribution in [2.45, 2.75) is 59.6 Å². The molecule has 5 nitrogen and oxygen atoms in total. The molecule has 1 heterocycles. The van der Waals surface area contributed by atoms with Crippen LogP contribution in [-0.4, -0.2) is 39.0 Å². The molecule has 0 radical (unpaired) electrons. The Balaban J connectivity index is 1.97. The number of halogens is 1. The molecule has 0 saturated carbocycles. The maximum atomic E-state index is 13.9. The van der Waals surface area contributed by atoms with Crippen LogP contribution < -0.4 is 4.74 Å². The molecule has 0 spiro atoms. The molecule has 0 aliphatic carbocycles. The zero-order valence-electron chi connectivity index (χ0n) is 20.2. The Morgan fingerprint density at radius 3 is 2.52 bits per heavy atom. The number of rotatable bonds is 12. The predicted molar refractivity (Wildman–Crippen MR) is 130 cm³/mol. The van der Waals surface area contributed by atoms with E-state index in [0.717, 1.165) is 42.8 Å². The van der Waals surface area contributed by atoms with Crippen LogP contribution in [0, 0.1) is 18.7 Å². The third-order valence-corrected chi connectivity index (χ3v) is 5.51. The van der Waals surface area contributed by atoms with E-state index in [1.807, 2.05) is 37.3 Å². The van der Waals surface area contributed by atoms with E-state index in [4.69, 9.17) is 9.84 Å². The molecule has 3 rings (SSSR count). The van der Waals surface area contributed by atoms with Crippen LogP contribution in [0.1, 0.15) is 51.3 Å². The smallest absolute Gasteiger partial charge is 0.227 e. The van der Waals surface area contributed by atoms with Crippen molar-refractivity contribution in [1.82, 2.24) is 14.7 Å². The lowest BCUT2D eigenvalue weighted by Crippen LogP contribution is -2.35. The highest BCUT2D eigenvalue weighted by atomic mass is 19.1. The van der Waals surface area contributed by atoms with Gasteiger partial charge in [-0.3, -0.25) is 4.90 Å². The Morgan fingerprint density at radius 2 is 1.85 bits per heavy atom. The second kappa shape index (κ2) is 12.0. The average Bonchev–Trinajstić information content (AvgIpc) is 3.07. The first-order valence-electron chi connectivity index (χ1n) is 11.8. The lowest BCUT2D eigenvalue weighted by molar-refractivity contribution is 0.0927. The first kappa shape index (κ1) is 24.9. The van der Waals surface area contributed by atoms with Gasteiger partial charge in [0.05, 0.1) is 23.0 Å². The van der Waals surface area contributed by atoms with Gasteiger partial charge in [-0.05, 0) is 43.5 Å². The summed E-state index contributed by atoms with van der Waals surface area (Å²) < 4.78 is 21.9. The Morgan fingerprint density at radius 1 is 1.09 bits per heavy atom. The average molecular weight is 454 g/mol. The van der Waals surface area contributed by atoms with Crippen LogP contribution in [0.25, 0.3) is 5.69 Å². The summed E-state index contributed by atoms with van der Waals surface area (Å²) in [4.78, 5) is 2.27. The third-order valence-electron chi connectivity index (χ3n) is 5.51. The van der Waals surface area contributed by atoms with Crippen LogP contribution in [0.5, 0.6) is 11.6 Å². The molecule has 1 N–H and O–H groups in total. The molecule has 178 valence electrons. The summed E-state index contributed by atoms with van der Waals surface area (Å²) in [5.41, 5.74) is 2.66. The van der Waals surface area contributed by atoms with Crippen molar-refractivity contribution in [3.63, 3.8) is 0 Å². The van der Waals surface area contributed by atoms with Gasteiger partial charge in [0.2, 0.25) is 5.88 Å². The molecule has 0 aliphatic heterocycles. The van der Waals surface area contributed by atoms with Gasteiger partial charge < -0.3 is 9.84 Å². The van der Waals surface area contributed by atoms with Crippen molar-refractivity contribution in [3.8, 4) is 17.3 Å². The minimum Gasteiger partial charge on any atom is -0.438 e. The van der Waals surface area contributed by atoms with Crippen molar-refractivity contribution in [1.29, 1.82) is 0 Å². The van der Waals surface area contributed by atoms with Gasteiger partial charge in [-0.25, -0.2) is 9.07 Å². The molecule has 0 aliphatic rings. The van der Waals surface area contributed by atoms with Gasteiger partial charge in [0, 0.05) is 25.7 Å². The highest BCUT2D eigenvalue weighted by Crippen LogP contribution is 2.32. The monoisotopic (exact) mass is 453 g/mol. The summed E-state index contributed by atoms with van der Waals surface area (Å²) in [6.45, 7) is 10.5. The zero-order valence-corrected chi connectivity index (χ0v) is 20.2. The fourth-order valence-corrected chi connectivity index (χ4v) is 3.98. The van der Waals surface area contributed by atoms with Crippen LogP contribution in [-0.2, 0) is 6.54 Å². The Bertz CT molecular complexity index is 1000. The second-order valence-corrected chi connectivity index (χ2v) is 9.06. The number of unbranched alkanes of at least 4 members (excludes halogenated alkanes) is 1. The predicted octanol–water partition coefficient (Wildman–Crippen LogP) is 6.12. The standard InChI is InChI=1S/C27H36FN3O2/c1-5-6-14-24(32)18-30(17-20(2)3)19-26-21(4)29-31(23-12-8-7-9-13-23)27(26)33-25-15-10-11-22(28)16-25/h7-13,15-16,20,24,32H,5-6,14,17-19H2,1-4H3/t24-/m0/s1. The highest BCUT2D eigenvalue weighted by molar-refractivity contribution is 5.43. The summed E-state index contributed by atoms with van der Waals surface area (Å²) in [5, 5.41) is 15.4. The van der Waals surface area contributed by atoms with E-state index in [2.05, 4.69) is 25.7 Å². The van der Waals surface area contributed by atoms with E-state index in [9.17, 15) is 9.50 Å². The molecule has 0 unspecified atom stereocenters. The van der Waals surface area contributed by atoms with Crippen molar-refractivity contribution in [2.75, 3.05) is 13.1 Å². The number of aliphatic hydroxyl groups is 1. The fraction of sp³-hybridized carbons (Fsp3) is 0.444. The molecular weight excluding hydrogens is 417 g/mol. The van der Waals surface area contributed by atoms with Crippen LogP contribution in [0.2, 0.25) is 0 Å². The largest absolute Gasteiger partial charge is 0.438 e. The van der Waals surface area contributed by atoms with E-state index in [1.165, 1.54) is 12.1 Å². The van der Waals surface area contributed by atoms with E-state index >= 15 is 0 Å².